The summed E-state index contributed by atoms with van der Waals surface area (Å²) in [6, 6.07) is 5.57. The topological polar surface area (TPSA) is 50.4 Å². The van der Waals surface area contributed by atoms with Gasteiger partial charge in [0.05, 0.1) is 12.3 Å². The molecule has 106 valence electrons. The van der Waals surface area contributed by atoms with Crippen molar-refractivity contribution < 1.29 is 9.53 Å². The van der Waals surface area contributed by atoms with Crippen molar-refractivity contribution in [2.45, 2.75) is 34.1 Å². The monoisotopic (exact) mass is 264 g/mol. The van der Waals surface area contributed by atoms with E-state index < -0.39 is 0 Å². The number of hydrogen-bond acceptors (Lipinski definition) is 2. The lowest BCUT2D eigenvalue weighted by Gasteiger charge is -2.14. The first-order valence-electron chi connectivity index (χ1n) is 6.81. The van der Waals surface area contributed by atoms with Gasteiger partial charge in [0.1, 0.15) is 5.75 Å². The number of carbonyl (C=O) groups excluding carboxylic acids is 1. The Balaban J connectivity index is 2.68. The number of hydrogen-bond donors (Lipinski definition) is 2. The second kappa shape index (κ2) is 7.67. The van der Waals surface area contributed by atoms with Crippen LogP contribution < -0.4 is 15.4 Å². The fraction of sp³-hybridized carbons (Fsp3) is 0.533. The highest BCUT2D eigenvalue weighted by atomic mass is 16.5. The number of carbonyl (C=O) groups is 1. The molecule has 0 saturated carbocycles. The molecule has 2 amide bonds. The minimum Gasteiger partial charge on any atom is -0.491 e. The molecule has 1 rings (SSSR count). The van der Waals surface area contributed by atoms with Crippen molar-refractivity contribution in [3.8, 4) is 5.75 Å². The van der Waals surface area contributed by atoms with Crippen LogP contribution >= 0.6 is 0 Å². The normalized spacial score (nSPS) is 10.4. The third-order valence-electron chi connectivity index (χ3n) is 2.52. The van der Waals surface area contributed by atoms with Gasteiger partial charge >= 0.3 is 6.03 Å². The predicted molar refractivity (Wildman–Crippen MR) is 78.8 cm³/mol. The van der Waals surface area contributed by atoms with E-state index in [9.17, 15) is 4.79 Å². The van der Waals surface area contributed by atoms with E-state index in [-0.39, 0.29) is 6.03 Å². The van der Waals surface area contributed by atoms with Gasteiger partial charge in [0.15, 0.2) is 0 Å². The van der Waals surface area contributed by atoms with E-state index in [1.54, 1.807) is 0 Å². The maximum absolute atomic E-state index is 11.8. The Bertz CT molecular complexity index is 417. The van der Waals surface area contributed by atoms with Crippen molar-refractivity contribution in [1.29, 1.82) is 0 Å². The maximum atomic E-state index is 11.8. The highest BCUT2D eigenvalue weighted by Crippen LogP contribution is 2.25. The van der Waals surface area contributed by atoms with Gasteiger partial charge in [-0.15, -0.1) is 0 Å². The number of aryl methyl sites for hydroxylation is 1. The van der Waals surface area contributed by atoms with Gasteiger partial charge in [-0.1, -0.05) is 26.8 Å². The van der Waals surface area contributed by atoms with Crippen LogP contribution in [-0.4, -0.2) is 19.2 Å². The molecule has 0 aromatic heterocycles. The zero-order valence-electron chi connectivity index (χ0n) is 12.2. The van der Waals surface area contributed by atoms with Crippen molar-refractivity contribution in [3.05, 3.63) is 23.8 Å². The number of anilines is 1. The molecule has 0 spiro atoms. The van der Waals surface area contributed by atoms with Crippen LogP contribution in [0, 0.1) is 12.8 Å². The lowest BCUT2D eigenvalue weighted by molar-refractivity contribution is 0.250. The summed E-state index contributed by atoms with van der Waals surface area (Å²) in [5.41, 5.74) is 1.82. The van der Waals surface area contributed by atoms with Crippen molar-refractivity contribution in [1.82, 2.24) is 5.32 Å². The van der Waals surface area contributed by atoms with Crippen molar-refractivity contribution >= 4 is 11.7 Å². The van der Waals surface area contributed by atoms with Crippen LogP contribution in [0.15, 0.2) is 18.2 Å². The third-order valence-corrected chi connectivity index (χ3v) is 2.52. The van der Waals surface area contributed by atoms with E-state index in [2.05, 4.69) is 31.4 Å². The van der Waals surface area contributed by atoms with E-state index >= 15 is 0 Å². The van der Waals surface area contributed by atoms with Gasteiger partial charge in [0.25, 0.3) is 0 Å². The molecule has 0 fully saturated rings. The molecule has 2 N–H and O–H groups in total. The highest BCUT2D eigenvalue weighted by molar-refractivity contribution is 5.90. The molecular weight excluding hydrogens is 240 g/mol. The highest BCUT2D eigenvalue weighted by Gasteiger charge is 2.08. The Kier molecular flexibility index (Phi) is 6.19. The van der Waals surface area contributed by atoms with Crippen LogP contribution in [0.4, 0.5) is 10.5 Å². The number of ether oxygens (including phenoxy) is 1. The molecule has 19 heavy (non-hydrogen) atoms. The average molecular weight is 264 g/mol. The maximum Gasteiger partial charge on any atom is 0.319 e. The van der Waals surface area contributed by atoms with Crippen LogP contribution in [0.3, 0.4) is 0 Å². The Morgan fingerprint density at radius 2 is 2.11 bits per heavy atom. The SMILES string of the molecule is CCCOc1cc(C)ccc1NC(=O)NCC(C)C. The quantitative estimate of drug-likeness (QED) is 0.825. The molecule has 1 aromatic carbocycles. The second-order valence-electron chi connectivity index (χ2n) is 5.08. The van der Waals surface area contributed by atoms with Crippen molar-refractivity contribution in [3.63, 3.8) is 0 Å². The third kappa shape index (κ3) is 5.64. The molecule has 0 aliphatic heterocycles. The van der Waals surface area contributed by atoms with Crippen LogP contribution in [0.2, 0.25) is 0 Å². The molecule has 0 atom stereocenters. The van der Waals surface area contributed by atoms with Crippen LogP contribution in [0.25, 0.3) is 0 Å². The minimum atomic E-state index is -0.195. The molecule has 4 heteroatoms. The summed E-state index contributed by atoms with van der Waals surface area (Å²) < 4.78 is 5.65. The number of rotatable bonds is 6. The number of nitrogens with one attached hydrogen (secondary N) is 2. The van der Waals surface area contributed by atoms with E-state index in [0.29, 0.717) is 24.8 Å². The molecule has 0 saturated heterocycles. The standard InChI is InChI=1S/C15H24N2O2/c1-5-8-19-14-9-12(4)6-7-13(14)17-15(18)16-10-11(2)3/h6-7,9,11H,5,8,10H2,1-4H3,(H2,16,17,18). The van der Waals surface area contributed by atoms with Gasteiger partial charge in [-0.25, -0.2) is 4.79 Å². The predicted octanol–water partition coefficient (Wildman–Crippen LogP) is 3.56. The molecule has 0 unspecified atom stereocenters. The molecule has 4 nitrogen and oxygen atoms in total. The van der Waals surface area contributed by atoms with E-state index in [1.165, 1.54) is 0 Å². The fourth-order valence-electron chi connectivity index (χ4n) is 1.53. The van der Waals surface area contributed by atoms with Gasteiger partial charge in [-0.3, -0.25) is 0 Å². The van der Waals surface area contributed by atoms with E-state index in [1.807, 2.05) is 25.1 Å². The number of urea groups is 1. The fourth-order valence-corrected chi connectivity index (χ4v) is 1.53. The smallest absolute Gasteiger partial charge is 0.319 e. The summed E-state index contributed by atoms with van der Waals surface area (Å²) in [6.07, 6.45) is 0.937. The summed E-state index contributed by atoms with van der Waals surface area (Å²) in [5, 5.41) is 5.65. The summed E-state index contributed by atoms with van der Waals surface area (Å²) in [5.74, 6) is 1.15. The van der Waals surface area contributed by atoms with Crippen LogP contribution in [0.1, 0.15) is 32.8 Å². The molecule has 0 bridgehead atoms. The Morgan fingerprint density at radius 1 is 1.37 bits per heavy atom. The first kappa shape index (κ1) is 15.3. The Hall–Kier alpha value is -1.71. The lowest BCUT2D eigenvalue weighted by atomic mass is 10.2. The van der Waals surface area contributed by atoms with Gasteiger partial charge in [0, 0.05) is 6.54 Å². The average Bonchev–Trinajstić information content (AvgIpc) is 2.36. The van der Waals surface area contributed by atoms with Crippen LogP contribution in [0.5, 0.6) is 5.75 Å². The van der Waals surface area contributed by atoms with Gasteiger partial charge in [-0.2, -0.15) is 0 Å². The minimum absolute atomic E-state index is 0.195. The molecule has 0 aliphatic carbocycles. The Morgan fingerprint density at radius 3 is 2.74 bits per heavy atom. The van der Waals surface area contributed by atoms with E-state index in [4.69, 9.17) is 4.74 Å². The number of benzene rings is 1. The van der Waals surface area contributed by atoms with Gasteiger partial charge in [0.2, 0.25) is 0 Å². The first-order valence-corrected chi connectivity index (χ1v) is 6.81. The van der Waals surface area contributed by atoms with E-state index in [0.717, 1.165) is 17.7 Å². The van der Waals surface area contributed by atoms with Crippen LogP contribution in [-0.2, 0) is 0 Å². The summed E-state index contributed by atoms with van der Waals surface area (Å²) in [7, 11) is 0. The summed E-state index contributed by atoms with van der Waals surface area (Å²) in [6.45, 7) is 9.47. The summed E-state index contributed by atoms with van der Waals surface area (Å²) >= 11 is 0. The zero-order valence-corrected chi connectivity index (χ0v) is 12.2. The summed E-state index contributed by atoms with van der Waals surface area (Å²) in [4.78, 5) is 11.8. The molecule has 0 aliphatic rings. The van der Waals surface area contributed by atoms with Crippen molar-refractivity contribution in [2.24, 2.45) is 5.92 Å². The number of amides is 2. The second-order valence-corrected chi connectivity index (χ2v) is 5.08. The molecule has 0 radical (unpaired) electrons. The largest absolute Gasteiger partial charge is 0.491 e. The first-order chi connectivity index (χ1) is 9.02. The van der Waals surface area contributed by atoms with Gasteiger partial charge in [-0.05, 0) is 37.0 Å². The van der Waals surface area contributed by atoms with Gasteiger partial charge < -0.3 is 15.4 Å². The molecule has 1 aromatic rings. The Labute approximate surface area is 115 Å². The van der Waals surface area contributed by atoms with Crippen molar-refractivity contribution in [2.75, 3.05) is 18.5 Å². The molecular formula is C15H24N2O2. The molecule has 0 heterocycles. The zero-order chi connectivity index (χ0) is 14.3. The lowest BCUT2D eigenvalue weighted by Crippen LogP contribution is -2.31.